The van der Waals surface area contributed by atoms with Gasteiger partial charge in [0.05, 0.1) is 0 Å². The average molecular weight is 406 g/mol. The summed E-state index contributed by atoms with van der Waals surface area (Å²) in [7, 11) is 0. The molecule has 4 rings (SSSR count). The van der Waals surface area contributed by atoms with Crippen LogP contribution in [0.2, 0.25) is 0 Å². The van der Waals surface area contributed by atoms with E-state index in [9.17, 15) is 4.39 Å². The lowest BCUT2D eigenvalue weighted by Gasteiger charge is -2.47. The number of rotatable bonds is 4. The van der Waals surface area contributed by atoms with Gasteiger partial charge in [0.2, 0.25) is 0 Å². The largest absolute Gasteiger partial charge is 0.371 e. The van der Waals surface area contributed by atoms with Gasteiger partial charge in [-0.2, -0.15) is 0 Å². The molecule has 2 heteroatoms. The second-order valence-electron chi connectivity index (χ2n) is 10.3. The predicted octanol–water partition coefficient (Wildman–Crippen LogP) is 7.14. The maximum atomic E-state index is 14.3. The van der Waals surface area contributed by atoms with E-state index >= 15 is 0 Å². The zero-order valence-electron chi connectivity index (χ0n) is 19.1. The molecule has 1 nitrogen and oxygen atoms in total. The summed E-state index contributed by atoms with van der Waals surface area (Å²) in [6, 6.07) is 12.5. The van der Waals surface area contributed by atoms with Gasteiger partial charge < -0.3 is 4.90 Å². The normalized spacial score (nSPS) is 20.5. The number of likely N-dealkylation sites (tertiary alicyclic amines) is 1. The highest BCUT2D eigenvalue weighted by Crippen LogP contribution is 2.49. The monoisotopic (exact) mass is 405 g/mol. The molecular formula is C28H36FN. The van der Waals surface area contributed by atoms with Crippen LogP contribution in [0.3, 0.4) is 0 Å². The van der Waals surface area contributed by atoms with Crippen molar-refractivity contribution in [1.29, 1.82) is 0 Å². The molecule has 1 spiro atoms. The molecule has 1 aliphatic carbocycles. The fourth-order valence-corrected chi connectivity index (χ4v) is 5.87. The highest BCUT2D eigenvalue weighted by atomic mass is 19.1. The third-order valence-corrected chi connectivity index (χ3v) is 7.45. The van der Waals surface area contributed by atoms with Crippen molar-refractivity contribution in [3.63, 3.8) is 0 Å². The lowest BCUT2D eigenvalue weighted by Crippen LogP contribution is -2.42. The van der Waals surface area contributed by atoms with Gasteiger partial charge in [-0.25, -0.2) is 4.39 Å². The van der Waals surface area contributed by atoms with Crippen molar-refractivity contribution in [3.05, 3.63) is 76.6 Å². The second kappa shape index (κ2) is 8.21. The molecule has 1 heterocycles. The molecule has 1 atom stereocenters. The molecule has 2 aromatic carbocycles. The highest BCUT2D eigenvalue weighted by molar-refractivity contribution is 5.63. The number of fused-ring (bicyclic) bond motifs is 1. The van der Waals surface area contributed by atoms with Crippen molar-refractivity contribution in [1.82, 2.24) is 4.90 Å². The first-order valence-electron chi connectivity index (χ1n) is 11.6. The number of halogens is 1. The van der Waals surface area contributed by atoms with Crippen LogP contribution in [0.15, 0.2) is 43.0 Å². The third-order valence-electron chi connectivity index (χ3n) is 7.45. The molecule has 2 aromatic rings. The third kappa shape index (κ3) is 4.06. The van der Waals surface area contributed by atoms with Crippen LogP contribution in [0.25, 0.3) is 5.70 Å². The molecule has 1 saturated heterocycles. The van der Waals surface area contributed by atoms with Crippen molar-refractivity contribution in [2.24, 2.45) is 11.3 Å². The van der Waals surface area contributed by atoms with E-state index in [1.165, 1.54) is 22.3 Å². The molecular weight excluding hydrogens is 369 g/mol. The fraction of sp³-hybridized carbons (Fsp3) is 0.500. The summed E-state index contributed by atoms with van der Waals surface area (Å²) in [5.41, 5.74) is 7.73. The van der Waals surface area contributed by atoms with Crippen LogP contribution >= 0.6 is 0 Å². The van der Waals surface area contributed by atoms with E-state index in [2.05, 4.69) is 63.4 Å². The van der Waals surface area contributed by atoms with Crippen LogP contribution in [0.5, 0.6) is 0 Å². The fourth-order valence-electron chi connectivity index (χ4n) is 5.87. The Bertz CT molecular complexity index is 934. The average Bonchev–Trinajstić information content (AvgIpc) is 2.69. The van der Waals surface area contributed by atoms with Gasteiger partial charge in [0, 0.05) is 18.8 Å². The molecule has 0 amide bonds. The number of aryl methyl sites for hydroxylation is 1. The van der Waals surface area contributed by atoms with Gasteiger partial charge in [0.1, 0.15) is 5.82 Å². The van der Waals surface area contributed by atoms with E-state index in [1.54, 1.807) is 6.07 Å². The van der Waals surface area contributed by atoms with E-state index in [1.807, 2.05) is 6.07 Å². The maximum Gasteiger partial charge on any atom is 0.126 e. The van der Waals surface area contributed by atoms with Crippen LogP contribution < -0.4 is 0 Å². The number of hydrogen-bond donors (Lipinski definition) is 0. The second-order valence-corrected chi connectivity index (χ2v) is 10.3. The van der Waals surface area contributed by atoms with Crippen LogP contribution in [-0.4, -0.2) is 18.0 Å². The summed E-state index contributed by atoms with van der Waals surface area (Å²) in [5.74, 6) is 0.963. The standard InChI is InChI=1S/C28H36FN/c1-19(2)15-23-9-10-24(16-20(23)3)22(5)30-13-11-28(12-14-30)17-21(4)27-25(18-28)7-6-8-26(27)29/h6-10,16,19,21H,5,11-15,17-18H2,1-4H3. The first-order valence-corrected chi connectivity index (χ1v) is 11.6. The lowest BCUT2D eigenvalue weighted by molar-refractivity contribution is 0.112. The zero-order chi connectivity index (χ0) is 21.5. The number of benzene rings is 2. The summed E-state index contributed by atoms with van der Waals surface area (Å²) >= 11 is 0. The van der Waals surface area contributed by atoms with Crippen molar-refractivity contribution in [3.8, 4) is 0 Å². The number of piperidine rings is 1. The van der Waals surface area contributed by atoms with Crippen LogP contribution in [0.1, 0.15) is 73.8 Å². The molecule has 1 aliphatic heterocycles. The van der Waals surface area contributed by atoms with Gasteiger partial charge >= 0.3 is 0 Å². The van der Waals surface area contributed by atoms with Gasteiger partial charge in [-0.15, -0.1) is 0 Å². The van der Waals surface area contributed by atoms with Gasteiger partial charge in [0.25, 0.3) is 0 Å². The Morgan fingerprint density at radius 2 is 1.93 bits per heavy atom. The zero-order valence-corrected chi connectivity index (χ0v) is 19.1. The minimum atomic E-state index is -0.0167. The SMILES string of the molecule is C=C(c1ccc(CC(C)C)c(C)c1)N1CCC2(CC1)Cc1cccc(F)c1C(C)C2. The molecule has 30 heavy (non-hydrogen) atoms. The summed E-state index contributed by atoms with van der Waals surface area (Å²) in [6.45, 7) is 15.5. The minimum absolute atomic E-state index is 0.0167. The summed E-state index contributed by atoms with van der Waals surface area (Å²) in [4.78, 5) is 2.47. The van der Waals surface area contributed by atoms with Crippen molar-refractivity contribution < 1.29 is 4.39 Å². The van der Waals surface area contributed by atoms with E-state index in [4.69, 9.17) is 0 Å². The van der Waals surface area contributed by atoms with E-state index in [0.717, 1.165) is 56.5 Å². The Balaban J connectivity index is 1.45. The van der Waals surface area contributed by atoms with Gasteiger partial charge in [-0.1, -0.05) is 51.6 Å². The maximum absolute atomic E-state index is 14.3. The van der Waals surface area contributed by atoms with E-state index in [-0.39, 0.29) is 5.82 Å². The molecule has 2 aliphatic rings. The van der Waals surface area contributed by atoms with Gasteiger partial charge in [-0.3, -0.25) is 0 Å². The lowest BCUT2D eigenvalue weighted by atomic mass is 9.63. The molecule has 160 valence electrons. The molecule has 0 saturated carbocycles. The predicted molar refractivity (Wildman–Crippen MR) is 125 cm³/mol. The first-order chi connectivity index (χ1) is 14.3. The molecule has 0 aromatic heterocycles. The molecule has 0 N–H and O–H groups in total. The minimum Gasteiger partial charge on any atom is -0.371 e. The Kier molecular flexibility index (Phi) is 5.79. The quantitative estimate of drug-likeness (QED) is 0.523. The molecule has 0 radical (unpaired) electrons. The van der Waals surface area contributed by atoms with Crippen molar-refractivity contribution in [2.75, 3.05) is 13.1 Å². The molecule has 0 bridgehead atoms. The molecule has 1 fully saturated rings. The Labute approximate surface area is 182 Å². The van der Waals surface area contributed by atoms with Gasteiger partial charge in [-0.05, 0) is 96.2 Å². The van der Waals surface area contributed by atoms with E-state index < -0.39 is 0 Å². The van der Waals surface area contributed by atoms with Crippen molar-refractivity contribution >= 4 is 5.70 Å². The van der Waals surface area contributed by atoms with Crippen LogP contribution in [0.4, 0.5) is 4.39 Å². The Hall–Kier alpha value is -2.09. The smallest absolute Gasteiger partial charge is 0.126 e. The Morgan fingerprint density at radius 3 is 2.60 bits per heavy atom. The van der Waals surface area contributed by atoms with Crippen LogP contribution in [-0.2, 0) is 12.8 Å². The van der Waals surface area contributed by atoms with Crippen LogP contribution in [0, 0.1) is 24.1 Å². The highest BCUT2D eigenvalue weighted by Gasteiger charge is 2.41. The Morgan fingerprint density at radius 1 is 1.20 bits per heavy atom. The van der Waals surface area contributed by atoms with Crippen molar-refractivity contribution in [2.45, 2.75) is 65.7 Å². The molecule has 1 unspecified atom stereocenters. The summed E-state index contributed by atoms with van der Waals surface area (Å²) in [6.07, 6.45) is 5.58. The van der Waals surface area contributed by atoms with Gasteiger partial charge in [0.15, 0.2) is 0 Å². The van der Waals surface area contributed by atoms with E-state index in [0.29, 0.717) is 17.3 Å². The summed E-state index contributed by atoms with van der Waals surface area (Å²) < 4.78 is 14.3. The number of nitrogens with zero attached hydrogens (tertiary/aromatic N) is 1. The topological polar surface area (TPSA) is 3.24 Å². The number of hydrogen-bond acceptors (Lipinski definition) is 1. The first kappa shape index (κ1) is 21.2. The summed E-state index contributed by atoms with van der Waals surface area (Å²) in [5, 5.41) is 0.